The first-order valence-corrected chi connectivity index (χ1v) is 6.76. The third kappa shape index (κ3) is 2.54. The molecule has 19 heavy (non-hydrogen) atoms. The first-order valence-electron chi connectivity index (χ1n) is 6.76. The number of benzene rings is 1. The molecule has 0 saturated heterocycles. The summed E-state index contributed by atoms with van der Waals surface area (Å²) in [4.78, 5) is 4.54. The van der Waals surface area contributed by atoms with Gasteiger partial charge in [0, 0.05) is 12.1 Å². The molecule has 0 aliphatic carbocycles. The summed E-state index contributed by atoms with van der Waals surface area (Å²) in [6.07, 6.45) is 1.80. The van der Waals surface area contributed by atoms with E-state index in [-0.39, 0.29) is 5.41 Å². The molecule has 0 amide bonds. The molecule has 102 valence electrons. The average molecular weight is 259 g/mol. The number of hydrogen-bond donors (Lipinski definition) is 1. The van der Waals surface area contributed by atoms with E-state index < -0.39 is 0 Å². The van der Waals surface area contributed by atoms with E-state index in [1.807, 2.05) is 24.3 Å². The quantitative estimate of drug-likeness (QED) is 0.896. The number of aryl methyl sites for hydroxylation is 1. The van der Waals surface area contributed by atoms with Crippen LogP contribution in [0.25, 0.3) is 11.4 Å². The standard InChI is InChI=1S/C15H21N3O/c1-4-15(5-2,10-16)14-17-13(18-19-14)12-8-6-11(3)7-9-12/h6-9H,4-5,10,16H2,1-3H3. The third-order valence-electron chi connectivity index (χ3n) is 3.93. The summed E-state index contributed by atoms with van der Waals surface area (Å²) in [6, 6.07) is 8.10. The van der Waals surface area contributed by atoms with Crippen molar-refractivity contribution in [1.82, 2.24) is 10.1 Å². The maximum absolute atomic E-state index is 5.90. The second kappa shape index (κ2) is 5.53. The van der Waals surface area contributed by atoms with Gasteiger partial charge in [-0.25, -0.2) is 0 Å². The first kappa shape index (κ1) is 13.7. The van der Waals surface area contributed by atoms with Crippen LogP contribution in [0.2, 0.25) is 0 Å². The fourth-order valence-corrected chi connectivity index (χ4v) is 2.19. The van der Waals surface area contributed by atoms with Gasteiger partial charge < -0.3 is 10.3 Å². The molecule has 0 atom stereocenters. The average Bonchev–Trinajstić information content (AvgIpc) is 2.93. The van der Waals surface area contributed by atoms with Crippen LogP contribution in [-0.4, -0.2) is 16.7 Å². The molecule has 2 rings (SSSR count). The minimum Gasteiger partial charge on any atom is -0.338 e. The van der Waals surface area contributed by atoms with Crippen molar-refractivity contribution in [3.05, 3.63) is 35.7 Å². The third-order valence-corrected chi connectivity index (χ3v) is 3.93. The van der Waals surface area contributed by atoms with Crippen LogP contribution in [0, 0.1) is 6.92 Å². The first-order chi connectivity index (χ1) is 9.15. The molecular formula is C15H21N3O. The molecule has 0 radical (unpaired) electrons. The molecular weight excluding hydrogens is 238 g/mol. The Hall–Kier alpha value is -1.68. The summed E-state index contributed by atoms with van der Waals surface area (Å²) < 4.78 is 5.45. The lowest BCUT2D eigenvalue weighted by molar-refractivity contribution is 0.267. The molecule has 0 fully saturated rings. The Morgan fingerprint density at radius 1 is 1.16 bits per heavy atom. The molecule has 1 aromatic heterocycles. The summed E-state index contributed by atoms with van der Waals surface area (Å²) >= 11 is 0. The second-order valence-corrected chi connectivity index (χ2v) is 4.98. The highest BCUT2D eigenvalue weighted by molar-refractivity contribution is 5.54. The summed E-state index contributed by atoms with van der Waals surface area (Å²) in [5.74, 6) is 1.28. The number of nitrogens with two attached hydrogens (primary N) is 1. The van der Waals surface area contributed by atoms with Crippen molar-refractivity contribution in [2.75, 3.05) is 6.54 Å². The van der Waals surface area contributed by atoms with Gasteiger partial charge in [-0.3, -0.25) is 0 Å². The van der Waals surface area contributed by atoms with Gasteiger partial charge in [0.05, 0.1) is 5.41 Å². The SMILES string of the molecule is CCC(CC)(CN)c1nc(-c2ccc(C)cc2)no1. The Labute approximate surface area is 114 Å². The fraction of sp³-hybridized carbons (Fsp3) is 0.467. The molecule has 0 spiro atoms. The van der Waals surface area contributed by atoms with Crippen LogP contribution in [0.5, 0.6) is 0 Å². The van der Waals surface area contributed by atoms with Gasteiger partial charge in [0.15, 0.2) is 0 Å². The number of hydrogen-bond acceptors (Lipinski definition) is 4. The van der Waals surface area contributed by atoms with Crippen LogP contribution >= 0.6 is 0 Å². The Morgan fingerprint density at radius 3 is 2.32 bits per heavy atom. The molecule has 0 unspecified atom stereocenters. The smallest absolute Gasteiger partial charge is 0.234 e. The monoisotopic (exact) mass is 259 g/mol. The molecule has 0 aliphatic rings. The van der Waals surface area contributed by atoms with Crippen molar-refractivity contribution < 1.29 is 4.52 Å². The van der Waals surface area contributed by atoms with Crippen LogP contribution in [-0.2, 0) is 5.41 Å². The minimum absolute atomic E-state index is 0.198. The molecule has 4 heteroatoms. The molecule has 0 bridgehead atoms. The zero-order valence-electron chi connectivity index (χ0n) is 11.8. The van der Waals surface area contributed by atoms with Gasteiger partial charge in [0.1, 0.15) is 0 Å². The van der Waals surface area contributed by atoms with E-state index in [4.69, 9.17) is 10.3 Å². The van der Waals surface area contributed by atoms with E-state index in [1.54, 1.807) is 0 Å². The van der Waals surface area contributed by atoms with E-state index in [1.165, 1.54) is 5.56 Å². The van der Waals surface area contributed by atoms with Crippen LogP contribution in [0.15, 0.2) is 28.8 Å². The summed E-state index contributed by atoms with van der Waals surface area (Å²) in [7, 11) is 0. The topological polar surface area (TPSA) is 64.9 Å². The van der Waals surface area contributed by atoms with Gasteiger partial charge in [0.25, 0.3) is 0 Å². The van der Waals surface area contributed by atoms with Crippen molar-refractivity contribution in [3.63, 3.8) is 0 Å². The van der Waals surface area contributed by atoms with Crippen LogP contribution in [0.4, 0.5) is 0 Å². The Kier molecular flexibility index (Phi) is 4.00. The van der Waals surface area contributed by atoms with Gasteiger partial charge >= 0.3 is 0 Å². The molecule has 1 aromatic carbocycles. The van der Waals surface area contributed by atoms with E-state index in [0.717, 1.165) is 18.4 Å². The Balaban J connectivity index is 2.35. The molecule has 2 aromatic rings. The van der Waals surface area contributed by atoms with E-state index in [2.05, 4.69) is 30.9 Å². The predicted octanol–water partition coefficient (Wildman–Crippen LogP) is 3.06. The molecule has 4 nitrogen and oxygen atoms in total. The van der Waals surface area contributed by atoms with Gasteiger partial charge in [-0.05, 0) is 19.8 Å². The second-order valence-electron chi connectivity index (χ2n) is 4.98. The zero-order chi connectivity index (χ0) is 13.9. The van der Waals surface area contributed by atoms with Gasteiger partial charge in [-0.2, -0.15) is 4.98 Å². The lowest BCUT2D eigenvalue weighted by Crippen LogP contribution is -2.34. The highest BCUT2D eigenvalue weighted by Crippen LogP contribution is 2.30. The zero-order valence-corrected chi connectivity index (χ0v) is 11.8. The van der Waals surface area contributed by atoms with Gasteiger partial charge in [-0.1, -0.05) is 48.8 Å². The lowest BCUT2D eigenvalue weighted by Gasteiger charge is -2.24. The fourth-order valence-electron chi connectivity index (χ4n) is 2.19. The van der Waals surface area contributed by atoms with Crippen molar-refractivity contribution in [3.8, 4) is 11.4 Å². The van der Waals surface area contributed by atoms with Gasteiger partial charge in [-0.15, -0.1) is 0 Å². The normalized spacial score (nSPS) is 11.8. The highest BCUT2D eigenvalue weighted by atomic mass is 16.5. The summed E-state index contributed by atoms with van der Waals surface area (Å²) in [5.41, 5.74) is 7.89. The largest absolute Gasteiger partial charge is 0.338 e. The Bertz CT molecular complexity index is 518. The summed E-state index contributed by atoms with van der Waals surface area (Å²) in [6.45, 7) is 6.78. The molecule has 0 aliphatic heterocycles. The Morgan fingerprint density at radius 2 is 1.79 bits per heavy atom. The van der Waals surface area contributed by atoms with Gasteiger partial charge in [0.2, 0.25) is 11.7 Å². The predicted molar refractivity (Wildman–Crippen MR) is 75.8 cm³/mol. The van der Waals surface area contributed by atoms with Crippen molar-refractivity contribution >= 4 is 0 Å². The lowest BCUT2D eigenvalue weighted by atomic mass is 9.82. The maximum atomic E-state index is 5.90. The highest BCUT2D eigenvalue weighted by Gasteiger charge is 2.33. The van der Waals surface area contributed by atoms with E-state index in [0.29, 0.717) is 18.3 Å². The molecule has 0 saturated carbocycles. The summed E-state index contributed by atoms with van der Waals surface area (Å²) in [5, 5.41) is 4.08. The molecule has 2 N–H and O–H groups in total. The van der Waals surface area contributed by atoms with E-state index >= 15 is 0 Å². The van der Waals surface area contributed by atoms with Crippen LogP contribution in [0.3, 0.4) is 0 Å². The van der Waals surface area contributed by atoms with Crippen LogP contribution < -0.4 is 5.73 Å². The number of aromatic nitrogens is 2. The molecule has 1 heterocycles. The van der Waals surface area contributed by atoms with Crippen molar-refractivity contribution in [2.24, 2.45) is 5.73 Å². The maximum Gasteiger partial charge on any atom is 0.234 e. The van der Waals surface area contributed by atoms with Crippen molar-refractivity contribution in [1.29, 1.82) is 0 Å². The van der Waals surface area contributed by atoms with Crippen molar-refractivity contribution in [2.45, 2.75) is 39.0 Å². The van der Waals surface area contributed by atoms with Crippen LogP contribution in [0.1, 0.15) is 38.1 Å². The minimum atomic E-state index is -0.198. The number of nitrogens with zero attached hydrogens (tertiary/aromatic N) is 2. The number of rotatable bonds is 5. The van der Waals surface area contributed by atoms with E-state index in [9.17, 15) is 0 Å².